The molecule has 0 aliphatic carbocycles. The van der Waals surface area contributed by atoms with Crippen molar-refractivity contribution in [2.45, 2.75) is 40.2 Å². The molecule has 1 N–H and O–H groups in total. The van der Waals surface area contributed by atoms with Crippen molar-refractivity contribution in [3.8, 4) is 0 Å². The molecule has 0 amide bonds. The van der Waals surface area contributed by atoms with E-state index < -0.39 is 5.97 Å². The summed E-state index contributed by atoms with van der Waals surface area (Å²) in [5.41, 5.74) is 0.741. The molecular formula is C11H17ClN2O2. The normalized spacial score (nSPS) is 11.1. The van der Waals surface area contributed by atoms with Crippen LogP contribution in [-0.2, 0) is 13.0 Å². The van der Waals surface area contributed by atoms with Gasteiger partial charge in [-0.05, 0) is 18.8 Å². The van der Waals surface area contributed by atoms with Gasteiger partial charge in [0.2, 0.25) is 0 Å². The van der Waals surface area contributed by atoms with Crippen molar-refractivity contribution in [1.29, 1.82) is 0 Å². The van der Waals surface area contributed by atoms with E-state index in [9.17, 15) is 4.79 Å². The van der Waals surface area contributed by atoms with E-state index in [4.69, 9.17) is 16.7 Å². The smallest absolute Gasteiger partial charge is 0.340 e. The van der Waals surface area contributed by atoms with Crippen molar-refractivity contribution in [3.63, 3.8) is 0 Å². The van der Waals surface area contributed by atoms with Crippen molar-refractivity contribution in [2.24, 2.45) is 5.92 Å². The van der Waals surface area contributed by atoms with Gasteiger partial charge < -0.3 is 5.11 Å². The summed E-state index contributed by atoms with van der Waals surface area (Å²) in [6.45, 7) is 6.70. The molecule has 0 aromatic carbocycles. The Balaban J connectivity index is 3.14. The Kier molecular flexibility index (Phi) is 4.35. The van der Waals surface area contributed by atoms with E-state index in [2.05, 4.69) is 5.10 Å². The molecule has 1 aromatic heterocycles. The molecule has 0 spiro atoms. The van der Waals surface area contributed by atoms with Crippen LogP contribution in [0.3, 0.4) is 0 Å². The fourth-order valence-electron chi connectivity index (χ4n) is 1.59. The molecule has 0 radical (unpaired) electrons. The van der Waals surface area contributed by atoms with Gasteiger partial charge in [0.25, 0.3) is 0 Å². The summed E-state index contributed by atoms with van der Waals surface area (Å²) in [5.74, 6) is -0.637. The summed E-state index contributed by atoms with van der Waals surface area (Å²) in [4.78, 5) is 11.1. The summed E-state index contributed by atoms with van der Waals surface area (Å²) < 4.78 is 1.57. The number of halogens is 1. The first-order valence-corrected chi connectivity index (χ1v) is 5.83. The van der Waals surface area contributed by atoms with Gasteiger partial charge >= 0.3 is 5.97 Å². The van der Waals surface area contributed by atoms with Crippen molar-refractivity contribution in [3.05, 3.63) is 16.4 Å². The second-order valence-corrected chi connectivity index (χ2v) is 4.60. The van der Waals surface area contributed by atoms with E-state index in [1.807, 2.05) is 20.8 Å². The first kappa shape index (κ1) is 13.0. The van der Waals surface area contributed by atoms with Gasteiger partial charge in [-0.25, -0.2) is 4.79 Å². The number of hydrogen-bond donors (Lipinski definition) is 1. The lowest BCUT2D eigenvalue weighted by Crippen LogP contribution is -2.03. The van der Waals surface area contributed by atoms with Crippen LogP contribution in [0.25, 0.3) is 0 Å². The van der Waals surface area contributed by atoms with Gasteiger partial charge in [0, 0.05) is 6.54 Å². The highest BCUT2D eigenvalue weighted by Crippen LogP contribution is 2.22. The third-order valence-electron chi connectivity index (χ3n) is 2.21. The first-order chi connectivity index (χ1) is 7.47. The number of aromatic nitrogens is 2. The van der Waals surface area contributed by atoms with Crippen LogP contribution in [0, 0.1) is 5.92 Å². The third kappa shape index (κ3) is 2.76. The van der Waals surface area contributed by atoms with Crippen LogP contribution in [0.2, 0.25) is 5.15 Å². The topological polar surface area (TPSA) is 55.1 Å². The van der Waals surface area contributed by atoms with Crippen LogP contribution < -0.4 is 0 Å². The van der Waals surface area contributed by atoms with Crippen molar-refractivity contribution >= 4 is 17.6 Å². The monoisotopic (exact) mass is 244 g/mol. The summed E-state index contributed by atoms with van der Waals surface area (Å²) in [6, 6.07) is 0. The summed E-state index contributed by atoms with van der Waals surface area (Å²) in [7, 11) is 0. The standard InChI is InChI=1S/C11H17ClN2O2/c1-4-5-14-10(12)9(11(15)16)8(13-14)6-7(2)3/h7H,4-6H2,1-3H3,(H,15,16). The van der Waals surface area contributed by atoms with Gasteiger partial charge in [-0.2, -0.15) is 5.10 Å². The minimum absolute atomic E-state index is 0.156. The highest BCUT2D eigenvalue weighted by Gasteiger charge is 2.22. The lowest BCUT2D eigenvalue weighted by atomic mass is 10.1. The predicted molar refractivity (Wildman–Crippen MR) is 63.0 cm³/mol. The molecule has 0 fully saturated rings. The van der Waals surface area contributed by atoms with Crippen LogP contribution in [0.1, 0.15) is 43.2 Å². The van der Waals surface area contributed by atoms with Gasteiger partial charge in [-0.1, -0.05) is 32.4 Å². The number of aromatic carboxylic acids is 1. The SMILES string of the molecule is CCCn1nc(CC(C)C)c(C(=O)O)c1Cl. The zero-order valence-electron chi connectivity index (χ0n) is 9.83. The van der Waals surface area contributed by atoms with Crippen LogP contribution in [-0.4, -0.2) is 20.9 Å². The molecule has 0 aliphatic rings. The quantitative estimate of drug-likeness (QED) is 0.867. The Bertz CT molecular complexity index is 386. The fraction of sp³-hybridized carbons (Fsp3) is 0.636. The number of aryl methyl sites for hydroxylation is 1. The molecule has 16 heavy (non-hydrogen) atoms. The highest BCUT2D eigenvalue weighted by atomic mass is 35.5. The third-order valence-corrected chi connectivity index (χ3v) is 2.60. The second kappa shape index (κ2) is 5.34. The van der Waals surface area contributed by atoms with E-state index in [0.29, 0.717) is 24.6 Å². The maximum absolute atomic E-state index is 11.1. The van der Waals surface area contributed by atoms with Crippen LogP contribution >= 0.6 is 11.6 Å². The zero-order chi connectivity index (χ0) is 12.3. The molecule has 5 heteroatoms. The van der Waals surface area contributed by atoms with Crippen LogP contribution in [0.15, 0.2) is 0 Å². The van der Waals surface area contributed by atoms with Gasteiger partial charge in [-0.15, -0.1) is 0 Å². The van der Waals surface area contributed by atoms with Crippen molar-refractivity contribution in [1.82, 2.24) is 9.78 Å². The largest absolute Gasteiger partial charge is 0.478 e. The number of carboxylic acids is 1. The van der Waals surface area contributed by atoms with Gasteiger partial charge in [0.05, 0.1) is 5.69 Å². The number of hydrogen-bond acceptors (Lipinski definition) is 2. The van der Waals surface area contributed by atoms with Crippen LogP contribution in [0.5, 0.6) is 0 Å². The summed E-state index contributed by atoms with van der Waals surface area (Å²) in [6.07, 6.45) is 1.51. The Morgan fingerprint density at radius 1 is 1.56 bits per heavy atom. The molecule has 1 aromatic rings. The number of carbonyl (C=O) groups is 1. The van der Waals surface area contributed by atoms with Crippen LogP contribution in [0.4, 0.5) is 0 Å². The fourth-order valence-corrected chi connectivity index (χ4v) is 1.90. The van der Waals surface area contributed by atoms with Gasteiger partial charge in [-0.3, -0.25) is 4.68 Å². The number of nitrogens with zero attached hydrogens (tertiary/aromatic N) is 2. The van der Waals surface area contributed by atoms with Crippen molar-refractivity contribution in [2.75, 3.05) is 0 Å². The molecule has 0 aliphatic heterocycles. The molecule has 0 saturated heterocycles. The van der Waals surface area contributed by atoms with Gasteiger partial charge in [0.15, 0.2) is 0 Å². The Morgan fingerprint density at radius 2 is 2.19 bits per heavy atom. The summed E-state index contributed by atoms with van der Waals surface area (Å²) in [5, 5.41) is 13.6. The van der Waals surface area contributed by atoms with E-state index >= 15 is 0 Å². The second-order valence-electron chi connectivity index (χ2n) is 4.24. The average Bonchev–Trinajstić information content (AvgIpc) is 2.42. The van der Waals surface area contributed by atoms with E-state index in [1.54, 1.807) is 4.68 Å². The molecule has 0 saturated carbocycles. The summed E-state index contributed by atoms with van der Waals surface area (Å²) >= 11 is 6.01. The average molecular weight is 245 g/mol. The maximum Gasteiger partial charge on any atom is 0.340 e. The van der Waals surface area contributed by atoms with E-state index in [1.165, 1.54) is 0 Å². The van der Waals surface area contributed by atoms with E-state index in [-0.39, 0.29) is 10.7 Å². The minimum Gasteiger partial charge on any atom is -0.478 e. The molecule has 0 bridgehead atoms. The molecule has 4 nitrogen and oxygen atoms in total. The highest BCUT2D eigenvalue weighted by molar-refractivity contribution is 6.32. The maximum atomic E-state index is 11.1. The zero-order valence-corrected chi connectivity index (χ0v) is 10.6. The molecule has 90 valence electrons. The lowest BCUT2D eigenvalue weighted by molar-refractivity contribution is 0.0695. The van der Waals surface area contributed by atoms with E-state index in [0.717, 1.165) is 6.42 Å². The molecule has 1 rings (SSSR count). The minimum atomic E-state index is -0.997. The molecule has 0 unspecified atom stereocenters. The number of rotatable bonds is 5. The number of carboxylic acid groups (broad SMARTS) is 1. The molecule has 1 heterocycles. The Labute approximate surface area is 100 Å². The molecule has 0 atom stereocenters. The van der Waals surface area contributed by atoms with Crippen molar-refractivity contribution < 1.29 is 9.90 Å². The Hall–Kier alpha value is -1.03. The van der Waals surface area contributed by atoms with Gasteiger partial charge in [0.1, 0.15) is 10.7 Å². The Morgan fingerprint density at radius 3 is 2.62 bits per heavy atom. The predicted octanol–water partition coefficient (Wildman–Crippen LogP) is 2.84. The molecular weight excluding hydrogens is 228 g/mol. The first-order valence-electron chi connectivity index (χ1n) is 5.45. The lowest BCUT2D eigenvalue weighted by Gasteiger charge is -2.01.